The van der Waals surface area contributed by atoms with Crippen LogP contribution in [0.25, 0.3) is 0 Å². The zero-order valence-corrected chi connectivity index (χ0v) is 18.2. The van der Waals surface area contributed by atoms with Crippen molar-refractivity contribution in [3.8, 4) is 0 Å². The van der Waals surface area contributed by atoms with Crippen molar-refractivity contribution in [2.45, 2.75) is 67.6 Å². The molecule has 1 aliphatic carbocycles. The predicted octanol–water partition coefficient (Wildman–Crippen LogP) is 1.85. The van der Waals surface area contributed by atoms with E-state index in [4.69, 9.17) is 23.7 Å². The summed E-state index contributed by atoms with van der Waals surface area (Å²) >= 11 is 0. The van der Waals surface area contributed by atoms with Crippen LogP contribution in [0.1, 0.15) is 24.8 Å². The summed E-state index contributed by atoms with van der Waals surface area (Å²) in [6, 6.07) is 10.1. The Morgan fingerprint density at radius 2 is 1.53 bits per heavy atom. The molecule has 0 radical (unpaired) electrons. The van der Waals surface area contributed by atoms with Crippen LogP contribution in [0.5, 0.6) is 0 Å². The Balaban J connectivity index is 1.76. The molecule has 3 rings (SSSR count). The van der Waals surface area contributed by atoms with Gasteiger partial charge in [0.25, 0.3) is 0 Å². The van der Waals surface area contributed by atoms with Gasteiger partial charge in [-0.05, 0) is 31.2 Å². The van der Waals surface area contributed by atoms with Crippen molar-refractivity contribution >= 4 is 0 Å². The second kappa shape index (κ2) is 9.87. The second-order valence-electron chi connectivity index (χ2n) is 8.18. The highest BCUT2D eigenvalue weighted by molar-refractivity contribution is 5.21. The molecular weight excluding hydrogens is 388 g/mol. The molecule has 0 bridgehead atoms. The molecule has 2 N–H and O–H groups in total. The Bertz CT molecular complexity index is 696. The van der Waals surface area contributed by atoms with Crippen molar-refractivity contribution in [3.63, 3.8) is 0 Å². The Labute approximate surface area is 178 Å². The largest absolute Gasteiger partial charge is 0.386 e. The molecule has 0 aromatic heterocycles. The van der Waals surface area contributed by atoms with Gasteiger partial charge in [0.2, 0.25) is 0 Å². The van der Waals surface area contributed by atoms with Gasteiger partial charge in [0.05, 0.1) is 5.60 Å². The summed E-state index contributed by atoms with van der Waals surface area (Å²) in [6.07, 6.45) is 2.40. The van der Waals surface area contributed by atoms with Crippen LogP contribution >= 0.6 is 0 Å². The average molecular weight is 423 g/mol. The van der Waals surface area contributed by atoms with Gasteiger partial charge in [-0.2, -0.15) is 0 Å². The highest BCUT2D eigenvalue weighted by Crippen LogP contribution is 2.40. The summed E-state index contributed by atoms with van der Waals surface area (Å²) in [5.41, 5.74) is -1.13. The number of aliphatic hydroxyl groups is 2. The maximum Gasteiger partial charge on any atom is 0.186 e. The molecule has 1 fully saturated rings. The fraction of sp³-hybridized carbons (Fsp3) is 0.652. The minimum Gasteiger partial charge on any atom is -0.386 e. The lowest BCUT2D eigenvalue weighted by Crippen LogP contribution is -2.66. The minimum atomic E-state index is -1.33. The Morgan fingerprint density at radius 3 is 2.07 bits per heavy atom. The van der Waals surface area contributed by atoms with E-state index >= 15 is 0 Å². The maximum atomic E-state index is 11.4. The van der Waals surface area contributed by atoms with Gasteiger partial charge in [-0.3, -0.25) is 0 Å². The number of hydrogen-bond donors (Lipinski definition) is 2. The van der Waals surface area contributed by atoms with Gasteiger partial charge < -0.3 is 33.9 Å². The molecule has 2 aliphatic rings. The molecule has 1 aromatic rings. The lowest BCUT2D eigenvalue weighted by Gasteiger charge is -2.50. The third kappa shape index (κ3) is 4.78. The Hall–Kier alpha value is -1.32. The van der Waals surface area contributed by atoms with Crippen LogP contribution in [0, 0.1) is 0 Å². The highest BCUT2D eigenvalue weighted by atomic mass is 16.7. The smallest absolute Gasteiger partial charge is 0.186 e. The SMILES string of the molecule is CO[C@H]1O[C@H](C2(O)C=CC(O)(CCc3ccccc3)CC2)[C@@H](OC)[C@H](OC)[C@H]1OC. The molecule has 7 nitrogen and oxygen atoms in total. The Morgan fingerprint density at radius 1 is 0.867 bits per heavy atom. The summed E-state index contributed by atoms with van der Waals surface area (Å²) in [4.78, 5) is 0. The first kappa shape index (κ1) is 23.3. The fourth-order valence-corrected chi connectivity index (χ4v) is 4.51. The van der Waals surface area contributed by atoms with Gasteiger partial charge in [0.1, 0.15) is 30.0 Å². The van der Waals surface area contributed by atoms with Crippen molar-refractivity contribution in [2.75, 3.05) is 28.4 Å². The first-order valence-corrected chi connectivity index (χ1v) is 10.4. The monoisotopic (exact) mass is 422 g/mol. The zero-order chi connectivity index (χ0) is 21.8. The fourth-order valence-electron chi connectivity index (χ4n) is 4.51. The van der Waals surface area contributed by atoms with Crippen molar-refractivity contribution in [1.82, 2.24) is 0 Å². The van der Waals surface area contributed by atoms with E-state index in [2.05, 4.69) is 0 Å². The van der Waals surface area contributed by atoms with E-state index in [1.165, 1.54) is 12.7 Å². The van der Waals surface area contributed by atoms with Gasteiger partial charge in [-0.25, -0.2) is 0 Å². The number of benzene rings is 1. The van der Waals surface area contributed by atoms with Crippen LogP contribution in [0.15, 0.2) is 42.5 Å². The molecule has 0 saturated carbocycles. The number of rotatable bonds is 8. The second-order valence-corrected chi connectivity index (χ2v) is 8.18. The molecule has 7 atom stereocenters. The molecule has 2 unspecified atom stereocenters. The molecule has 1 saturated heterocycles. The molecule has 0 amide bonds. The van der Waals surface area contributed by atoms with E-state index in [-0.39, 0.29) is 0 Å². The van der Waals surface area contributed by atoms with Gasteiger partial charge >= 0.3 is 0 Å². The van der Waals surface area contributed by atoms with Crippen LogP contribution in [-0.4, -0.2) is 80.6 Å². The van der Waals surface area contributed by atoms with Gasteiger partial charge in [-0.15, -0.1) is 0 Å². The summed E-state index contributed by atoms with van der Waals surface area (Å²) in [5.74, 6) is 0. The molecule has 30 heavy (non-hydrogen) atoms. The predicted molar refractivity (Wildman–Crippen MR) is 111 cm³/mol. The lowest BCUT2D eigenvalue weighted by molar-refractivity contribution is -0.325. The van der Waals surface area contributed by atoms with Crippen LogP contribution < -0.4 is 0 Å². The molecule has 1 aliphatic heterocycles. The zero-order valence-electron chi connectivity index (χ0n) is 18.2. The van der Waals surface area contributed by atoms with Crippen LogP contribution in [0.2, 0.25) is 0 Å². The van der Waals surface area contributed by atoms with Gasteiger partial charge in [0, 0.05) is 28.4 Å². The van der Waals surface area contributed by atoms with Gasteiger partial charge in [0.15, 0.2) is 6.29 Å². The molecule has 168 valence electrons. The molecular formula is C23H34O7. The number of hydrogen-bond acceptors (Lipinski definition) is 7. The third-order valence-electron chi connectivity index (χ3n) is 6.37. The molecule has 1 heterocycles. The standard InChI is InChI=1S/C23H34O7/c1-26-17-18(27-2)20(30-21(29-4)19(17)28-3)23(25)14-12-22(24,13-15-23)11-10-16-8-6-5-7-9-16/h5-9,12,14,17-21,24-25H,10-11,13,15H2,1-4H3/t17-,18-,19+,20-,21-,22?,23?/m0/s1. The first-order valence-electron chi connectivity index (χ1n) is 10.4. The van der Waals surface area contributed by atoms with Gasteiger partial charge in [-0.1, -0.05) is 42.5 Å². The highest BCUT2D eigenvalue weighted by Gasteiger charge is 2.55. The maximum absolute atomic E-state index is 11.4. The summed E-state index contributed by atoms with van der Waals surface area (Å²) in [5, 5.41) is 22.5. The van der Waals surface area contributed by atoms with Crippen LogP contribution in [0.3, 0.4) is 0 Å². The van der Waals surface area contributed by atoms with E-state index in [9.17, 15) is 10.2 Å². The van der Waals surface area contributed by atoms with E-state index < -0.39 is 41.9 Å². The van der Waals surface area contributed by atoms with E-state index in [0.717, 1.165) is 6.42 Å². The summed E-state index contributed by atoms with van der Waals surface area (Å²) < 4.78 is 28.3. The van der Waals surface area contributed by atoms with Crippen LogP contribution in [0.4, 0.5) is 0 Å². The average Bonchev–Trinajstić information content (AvgIpc) is 2.79. The topological polar surface area (TPSA) is 86.6 Å². The lowest BCUT2D eigenvalue weighted by atomic mass is 9.74. The van der Waals surface area contributed by atoms with E-state index in [1.807, 2.05) is 30.3 Å². The molecule has 1 aromatic carbocycles. The number of aryl methyl sites for hydroxylation is 1. The normalized spacial score (nSPS) is 39.2. The molecule has 7 heteroatoms. The number of methoxy groups -OCH3 is 4. The minimum absolute atomic E-state index is 0.323. The van der Waals surface area contributed by atoms with Crippen molar-refractivity contribution < 1.29 is 33.9 Å². The van der Waals surface area contributed by atoms with Crippen molar-refractivity contribution in [1.29, 1.82) is 0 Å². The summed E-state index contributed by atoms with van der Waals surface area (Å²) in [6.45, 7) is 0. The van der Waals surface area contributed by atoms with Crippen LogP contribution in [-0.2, 0) is 30.1 Å². The summed E-state index contributed by atoms with van der Waals surface area (Å²) in [7, 11) is 6.21. The van der Waals surface area contributed by atoms with Crippen molar-refractivity contribution in [3.05, 3.63) is 48.0 Å². The third-order valence-corrected chi connectivity index (χ3v) is 6.37. The number of ether oxygens (including phenoxy) is 5. The Kier molecular flexibility index (Phi) is 7.68. The first-order chi connectivity index (χ1) is 14.4. The van der Waals surface area contributed by atoms with Crippen molar-refractivity contribution in [2.24, 2.45) is 0 Å². The van der Waals surface area contributed by atoms with E-state index in [1.54, 1.807) is 33.5 Å². The van der Waals surface area contributed by atoms with E-state index in [0.29, 0.717) is 19.3 Å². The quantitative estimate of drug-likeness (QED) is 0.618. The molecule has 0 spiro atoms.